The number of nitrogen functional groups attached to an aromatic ring is 1. The molecule has 17 heavy (non-hydrogen) atoms. The highest BCUT2D eigenvalue weighted by Gasteiger charge is 2.12. The first kappa shape index (κ1) is 11.7. The van der Waals surface area contributed by atoms with Gasteiger partial charge in [-0.15, -0.1) is 0 Å². The molecule has 1 amide bonds. The van der Waals surface area contributed by atoms with Crippen molar-refractivity contribution < 1.29 is 4.79 Å². The number of benzene rings is 1. The third kappa shape index (κ3) is 3.63. The SMILES string of the molecule is Nc1cccc(CC(=O)NC2CC=CCC2)c1. The van der Waals surface area contributed by atoms with Gasteiger partial charge in [-0.25, -0.2) is 0 Å². The van der Waals surface area contributed by atoms with Crippen LogP contribution < -0.4 is 11.1 Å². The number of amides is 1. The summed E-state index contributed by atoms with van der Waals surface area (Å²) in [4.78, 5) is 11.8. The molecule has 3 nitrogen and oxygen atoms in total. The topological polar surface area (TPSA) is 55.1 Å². The van der Waals surface area contributed by atoms with E-state index in [1.54, 1.807) is 0 Å². The minimum Gasteiger partial charge on any atom is -0.399 e. The van der Waals surface area contributed by atoms with E-state index in [1.165, 1.54) is 0 Å². The summed E-state index contributed by atoms with van der Waals surface area (Å²) >= 11 is 0. The van der Waals surface area contributed by atoms with Crippen molar-refractivity contribution in [3.63, 3.8) is 0 Å². The lowest BCUT2D eigenvalue weighted by Crippen LogP contribution is -2.36. The standard InChI is InChI=1S/C14H18N2O/c15-12-6-4-5-11(9-12)10-14(17)16-13-7-2-1-3-8-13/h1-2,4-6,9,13H,3,7-8,10,15H2,(H,16,17). The molecule has 1 aromatic rings. The van der Waals surface area contributed by atoms with Crippen molar-refractivity contribution in [2.45, 2.75) is 31.7 Å². The quantitative estimate of drug-likeness (QED) is 0.616. The Morgan fingerprint density at radius 2 is 2.29 bits per heavy atom. The maximum Gasteiger partial charge on any atom is 0.224 e. The van der Waals surface area contributed by atoms with Gasteiger partial charge in [0.05, 0.1) is 6.42 Å². The van der Waals surface area contributed by atoms with Crippen LogP contribution in [0.3, 0.4) is 0 Å². The van der Waals surface area contributed by atoms with E-state index < -0.39 is 0 Å². The zero-order chi connectivity index (χ0) is 12.1. The summed E-state index contributed by atoms with van der Waals surface area (Å²) in [5.41, 5.74) is 7.35. The molecule has 3 heteroatoms. The van der Waals surface area contributed by atoms with Crippen LogP contribution in [0.15, 0.2) is 36.4 Å². The first-order valence-electron chi connectivity index (χ1n) is 6.03. The second-order valence-electron chi connectivity index (χ2n) is 4.47. The molecule has 0 saturated carbocycles. The molecule has 2 rings (SSSR count). The smallest absolute Gasteiger partial charge is 0.224 e. The van der Waals surface area contributed by atoms with Crippen LogP contribution in [-0.4, -0.2) is 11.9 Å². The molecular formula is C14H18N2O. The van der Waals surface area contributed by atoms with Gasteiger partial charge >= 0.3 is 0 Å². The number of hydrogen-bond acceptors (Lipinski definition) is 2. The largest absolute Gasteiger partial charge is 0.399 e. The van der Waals surface area contributed by atoms with Crippen LogP contribution in [0.25, 0.3) is 0 Å². The van der Waals surface area contributed by atoms with Crippen molar-refractivity contribution in [3.05, 3.63) is 42.0 Å². The van der Waals surface area contributed by atoms with Gasteiger partial charge in [0.25, 0.3) is 0 Å². The second-order valence-corrected chi connectivity index (χ2v) is 4.47. The van der Waals surface area contributed by atoms with E-state index in [0.717, 1.165) is 24.8 Å². The maximum atomic E-state index is 11.8. The summed E-state index contributed by atoms with van der Waals surface area (Å²) in [6.07, 6.45) is 7.76. The van der Waals surface area contributed by atoms with Crippen molar-refractivity contribution in [2.24, 2.45) is 0 Å². The number of carbonyl (C=O) groups is 1. The van der Waals surface area contributed by atoms with Crippen molar-refractivity contribution in [2.75, 3.05) is 5.73 Å². The summed E-state index contributed by atoms with van der Waals surface area (Å²) < 4.78 is 0. The minimum absolute atomic E-state index is 0.0795. The molecule has 1 atom stereocenters. The Kier molecular flexibility index (Phi) is 3.81. The molecule has 0 aliphatic heterocycles. The molecule has 0 fully saturated rings. The molecule has 0 bridgehead atoms. The number of nitrogens with two attached hydrogens (primary N) is 1. The normalized spacial score (nSPS) is 18.9. The molecule has 0 saturated heterocycles. The first-order valence-corrected chi connectivity index (χ1v) is 6.03. The summed E-state index contributed by atoms with van der Waals surface area (Å²) in [5.74, 6) is 0.0795. The Labute approximate surface area is 102 Å². The molecule has 0 radical (unpaired) electrons. The van der Waals surface area contributed by atoms with E-state index in [4.69, 9.17) is 5.73 Å². The third-order valence-corrected chi connectivity index (χ3v) is 2.95. The predicted octanol–water partition coefficient (Wildman–Crippen LogP) is 2.04. The van der Waals surface area contributed by atoms with Crippen molar-refractivity contribution in [3.8, 4) is 0 Å². The first-order chi connectivity index (χ1) is 8.24. The van der Waals surface area contributed by atoms with Gasteiger partial charge in [-0.05, 0) is 37.0 Å². The molecule has 0 spiro atoms. The molecular weight excluding hydrogens is 212 g/mol. The van der Waals surface area contributed by atoms with Crippen LogP contribution in [0.4, 0.5) is 5.69 Å². The second kappa shape index (κ2) is 5.53. The number of nitrogens with one attached hydrogen (secondary N) is 1. The third-order valence-electron chi connectivity index (χ3n) is 2.95. The van der Waals surface area contributed by atoms with Crippen LogP contribution in [0.5, 0.6) is 0 Å². The molecule has 3 N–H and O–H groups in total. The van der Waals surface area contributed by atoms with Gasteiger partial charge in [-0.2, -0.15) is 0 Å². The molecule has 1 aromatic carbocycles. The minimum atomic E-state index is 0.0795. The zero-order valence-electron chi connectivity index (χ0n) is 9.86. The fourth-order valence-corrected chi connectivity index (χ4v) is 2.09. The van der Waals surface area contributed by atoms with E-state index in [2.05, 4.69) is 17.5 Å². The summed E-state index contributed by atoms with van der Waals surface area (Å²) in [7, 11) is 0. The van der Waals surface area contributed by atoms with E-state index in [1.807, 2.05) is 24.3 Å². The van der Waals surface area contributed by atoms with Crippen molar-refractivity contribution in [1.82, 2.24) is 5.32 Å². The van der Waals surface area contributed by atoms with Gasteiger partial charge in [-0.1, -0.05) is 24.3 Å². The maximum absolute atomic E-state index is 11.8. The van der Waals surface area contributed by atoms with Gasteiger partial charge in [0.15, 0.2) is 0 Å². The highest BCUT2D eigenvalue weighted by molar-refractivity contribution is 5.79. The number of hydrogen-bond donors (Lipinski definition) is 2. The number of anilines is 1. The van der Waals surface area contributed by atoms with Gasteiger partial charge in [0, 0.05) is 11.7 Å². The average Bonchev–Trinajstić information content (AvgIpc) is 2.30. The monoisotopic (exact) mass is 230 g/mol. The lowest BCUT2D eigenvalue weighted by atomic mass is 10.0. The number of allylic oxidation sites excluding steroid dienone is 1. The zero-order valence-corrected chi connectivity index (χ0v) is 9.86. The highest BCUT2D eigenvalue weighted by Crippen LogP contribution is 2.11. The highest BCUT2D eigenvalue weighted by atomic mass is 16.1. The lowest BCUT2D eigenvalue weighted by molar-refractivity contribution is -0.121. The van der Waals surface area contributed by atoms with Gasteiger partial charge in [-0.3, -0.25) is 4.79 Å². The Balaban J connectivity index is 1.86. The summed E-state index contributed by atoms with van der Waals surface area (Å²) in [5, 5.41) is 3.06. The fourth-order valence-electron chi connectivity index (χ4n) is 2.09. The van der Waals surface area contributed by atoms with Crippen LogP contribution in [0.2, 0.25) is 0 Å². The van der Waals surface area contributed by atoms with Crippen molar-refractivity contribution >= 4 is 11.6 Å². The lowest BCUT2D eigenvalue weighted by Gasteiger charge is -2.19. The van der Waals surface area contributed by atoms with E-state index >= 15 is 0 Å². The Hall–Kier alpha value is -1.77. The number of carbonyl (C=O) groups excluding carboxylic acids is 1. The Bertz CT molecular complexity index is 426. The molecule has 1 aliphatic carbocycles. The van der Waals surface area contributed by atoms with Gasteiger partial charge in [0.2, 0.25) is 5.91 Å². The Morgan fingerprint density at radius 3 is 3.00 bits per heavy atom. The number of rotatable bonds is 3. The van der Waals surface area contributed by atoms with E-state index in [0.29, 0.717) is 18.2 Å². The van der Waals surface area contributed by atoms with Crippen molar-refractivity contribution in [1.29, 1.82) is 0 Å². The van der Waals surface area contributed by atoms with Crippen LogP contribution in [-0.2, 0) is 11.2 Å². The van der Waals surface area contributed by atoms with E-state index in [-0.39, 0.29) is 5.91 Å². The molecule has 1 unspecified atom stereocenters. The van der Waals surface area contributed by atoms with Crippen LogP contribution in [0, 0.1) is 0 Å². The average molecular weight is 230 g/mol. The molecule has 0 heterocycles. The molecule has 90 valence electrons. The summed E-state index contributed by atoms with van der Waals surface area (Å²) in [6.45, 7) is 0. The van der Waals surface area contributed by atoms with E-state index in [9.17, 15) is 4.79 Å². The Morgan fingerprint density at radius 1 is 1.41 bits per heavy atom. The summed E-state index contributed by atoms with van der Waals surface area (Å²) in [6, 6.07) is 7.78. The fraction of sp³-hybridized carbons (Fsp3) is 0.357. The molecule has 0 aromatic heterocycles. The predicted molar refractivity (Wildman–Crippen MR) is 69.5 cm³/mol. The van der Waals surface area contributed by atoms with Gasteiger partial charge in [0.1, 0.15) is 0 Å². The van der Waals surface area contributed by atoms with Gasteiger partial charge < -0.3 is 11.1 Å². The van der Waals surface area contributed by atoms with Crippen LogP contribution in [0.1, 0.15) is 24.8 Å². The van der Waals surface area contributed by atoms with Crippen LogP contribution >= 0.6 is 0 Å². The molecule has 1 aliphatic rings.